The van der Waals surface area contributed by atoms with Gasteiger partial charge in [-0.2, -0.15) is 0 Å². The van der Waals surface area contributed by atoms with Crippen molar-refractivity contribution in [3.8, 4) is 0 Å². The zero-order valence-corrected chi connectivity index (χ0v) is 9.96. The molecule has 0 amide bonds. The first-order valence-corrected chi connectivity index (χ1v) is 5.62. The summed E-state index contributed by atoms with van der Waals surface area (Å²) in [5.41, 5.74) is 8.41. The van der Waals surface area contributed by atoms with Crippen LogP contribution >= 0.6 is 0 Å². The van der Waals surface area contributed by atoms with Gasteiger partial charge in [0.2, 0.25) is 0 Å². The monoisotopic (exact) mass is 206 g/mol. The summed E-state index contributed by atoms with van der Waals surface area (Å²) in [5, 5.41) is 3.42. The van der Waals surface area contributed by atoms with Gasteiger partial charge in [0.1, 0.15) is 0 Å². The highest BCUT2D eigenvalue weighted by Gasteiger charge is 2.03. The van der Waals surface area contributed by atoms with Crippen LogP contribution in [0.1, 0.15) is 25.0 Å². The number of benzene rings is 1. The Balaban J connectivity index is 2.40. The van der Waals surface area contributed by atoms with Crippen molar-refractivity contribution in [2.45, 2.75) is 39.3 Å². The maximum atomic E-state index is 5.70. The van der Waals surface area contributed by atoms with Gasteiger partial charge in [-0.05, 0) is 32.8 Å². The minimum Gasteiger partial charge on any atom is -0.327 e. The Morgan fingerprint density at radius 1 is 1.33 bits per heavy atom. The van der Waals surface area contributed by atoms with Crippen LogP contribution in [0, 0.1) is 6.92 Å². The number of nitrogens with two attached hydrogens (primary N) is 1. The van der Waals surface area contributed by atoms with Crippen LogP contribution in [0.3, 0.4) is 0 Å². The van der Waals surface area contributed by atoms with Gasteiger partial charge in [-0.1, -0.05) is 29.8 Å². The highest BCUT2D eigenvalue weighted by atomic mass is 14.9. The van der Waals surface area contributed by atoms with Crippen molar-refractivity contribution in [2.75, 3.05) is 6.54 Å². The number of hydrogen-bond acceptors (Lipinski definition) is 2. The molecule has 0 aliphatic heterocycles. The van der Waals surface area contributed by atoms with Gasteiger partial charge >= 0.3 is 0 Å². The van der Waals surface area contributed by atoms with Gasteiger partial charge < -0.3 is 11.1 Å². The highest BCUT2D eigenvalue weighted by molar-refractivity contribution is 5.22. The van der Waals surface area contributed by atoms with E-state index in [-0.39, 0.29) is 6.04 Å². The van der Waals surface area contributed by atoms with E-state index in [1.165, 1.54) is 11.1 Å². The van der Waals surface area contributed by atoms with Crippen molar-refractivity contribution in [1.29, 1.82) is 0 Å². The molecule has 0 aliphatic carbocycles. The van der Waals surface area contributed by atoms with Crippen molar-refractivity contribution >= 4 is 0 Å². The molecule has 2 unspecified atom stereocenters. The van der Waals surface area contributed by atoms with Gasteiger partial charge in [0, 0.05) is 18.6 Å². The molecule has 3 N–H and O–H groups in total. The van der Waals surface area contributed by atoms with Crippen LogP contribution in [0.25, 0.3) is 0 Å². The topological polar surface area (TPSA) is 38.0 Å². The fraction of sp³-hybridized carbons (Fsp3) is 0.538. The number of nitrogens with one attached hydrogen (secondary N) is 1. The molecule has 2 nitrogen and oxygen atoms in total. The maximum Gasteiger partial charge on any atom is 0.0136 e. The van der Waals surface area contributed by atoms with Gasteiger partial charge in [-0.25, -0.2) is 0 Å². The zero-order valence-electron chi connectivity index (χ0n) is 9.96. The highest BCUT2D eigenvalue weighted by Crippen LogP contribution is 2.06. The zero-order chi connectivity index (χ0) is 11.3. The molecule has 0 fully saturated rings. The molecule has 0 aliphatic rings. The van der Waals surface area contributed by atoms with Crippen molar-refractivity contribution < 1.29 is 0 Å². The van der Waals surface area contributed by atoms with Crippen LogP contribution in [-0.2, 0) is 6.42 Å². The van der Waals surface area contributed by atoms with E-state index in [9.17, 15) is 0 Å². The third-order valence-corrected chi connectivity index (χ3v) is 2.41. The average molecular weight is 206 g/mol. The Hall–Kier alpha value is -0.860. The lowest BCUT2D eigenvalue weighted by Crippen LogP contribution is -2.37. The summed E-state index contributed by atoms with van der Waals surface area (Å²) in [5.74, 6) is 0. The molecule has 0 heterocycles. The standard InChI is InChI=1S/C13H22N2/c1-10-5-4-6-13(7-10)8-12(3)15-9-11(2)14/h4-7,11-12,15H,8-9,14H2,1-3H3. The van der Waals surface area contributed by atoms with E-state index >= 15 is 0 Å². The molecular weight excluding hydrogens is 184 g/mol. The number of rotatable bonds is 5. The molecular formula is C13H22N2. The SMILES string of the molecule is Cc1cccc(CC(C)NCC(C)N)c1. The summed E-state index contributed by atoms with van der Waals surface area (Å²) in [4.78, 5) is 0. The Bertz CT molecular complexity index is 294. The van der Waals surface area contributed by atoms with E-state index in [4.69, 9.17) is 5.73 Å². The lowest BCUT2D eigenvalue weighted by molar-refractivity contribution is 0.514. The Kier molecular flexibility index (Phi) is 4.79. The van der Waals surface area contributed by atoms with E-state index in [2.05, 4.69) is 43.4 Å². The van der Waals surface area contributed by atoms with Gasteiger partial charge in [0.25, 0.3) is 0 Å². The second-order valence-electron chi connectivity index (χ2n) is 4.48. The molecule has 1 rings (SSSR count). The quantitative estimate of drug-likeness (QED) is 0.772. The molecule has 15 heavy (non-hydrogen) atoms. The molecule has 0 aromatic heterocycles. The fourth-order valence-corrected chi connectivity index (χ4v) is 1.65. The second kappa shape index (κ2) is 5.89. The third kappa shape index (κ3) is 4.96. The lowest BCUT2D eigenvalue weighted by atomic mass is 10.0. The van der Waals surface area contributed by atoms with E-state index in [1.54, 1.807) is 0 Å². The molecule has 0 bridgehead atoms. The summed E-state index contributed by atoms with van der Waals surface area (Å²) in [7, 11) is 0. The van der Waals surface area contributed by atoms with Gasteiger partial charge in [-0.3, -0.25) is 0 Å². The first-order chi connectivity index (χ1) is 7.08. The third-order valence-electron chi connectivity index (χ3n) is 2.41. The van der Waals surface area contributed by atoms with Crippen molar-refractivity contribution in [2.24, 2.45) is 5.73 Å². The van der Waals surface area contributed by atoms with Crippen LogP contribution in [0.4, 0.5) is 0 Å². The van der Waals surface area contributed by atoms with Gasteiger partial charge in [0.15, 0.2) is 0 Å². The maximum absolute atomic E-state index is 5.70. The number of aryl methyl sites for hydroxylation is 1. The Morgan fingerprint density at radius 3 is 2.67 bits per heavy atom. The lowest BCUT2D eigenvalue weighted by Gasteiger charge is -2.15. The van der Waals surface area contributed by atoms with Crippen LogP contribution in [0.2, 0.25) is 0 Å². The molecule has 1 aromatic carbocycles. The first kappa shape index (κ1) is 12.2. The van der Waals surface area contributed by atoms with E-state index < -0.39 is 0 Å². The molecule has 0 spiro atoms. The molecule has 2 atom stereocenters. The van der Waals surface area contributed by atoms with E-state index in [1.807, 2.05) is 6.92 Å². The summed E-state index contributed by atoms with van der Waals surface area (Å²) < 4.78 is 0. The fourth-order valence-electron chi connectivity index (χ4n) is 1.65. The average Bonchev–Trinajstić information content (AvgIpc) is 2.15. The summed E-state index contributed by atoms with van der Waals surface area (Å²) in [6.45, 7) is 7.23. The van der Waals surface area contributed by atoms with Crippen molar-refractivity contribution in [1.82, 2.24) is 5.32 Å². The van der Waals surface area contributed by atoms with E-state index in [0.717, 1.165) is 13.0 Å². The molecule has 2 heteroatoms. The molecule has 0 saturated heterocycles. The van der Waals surface area contributed by atoms with Gasteiger partial charge in [0.05, 0.1) is 0 Å². The van der Waals surface area contributed by atoms with E-state index in [0.29, 0.717) is 6.04 Å². The summed E-state index contributed by atoms with van der Waals surface area (Å²) in [6.07, 6.45) is 1.06. The predicted molar refractivity (Wildman–Crippen MR) is 66.0 cm³/mol. The smallest absolute Gasteiger partial charge is 0.0136 e. The Labute approximate surface area is 92.9 Å². The van der Waals surface area contributed by atoms with Crippen LogP contribution in [0.5, 0.6) is 0 Å². The molecule has 1 aromatic rings. The van der Waals surface area contributed by atoms with Crippen LogP contribution in [-0.4, -0.2) is 18.6 Å². The second-order valence-corrected chi connectivity index (χ2v) is 4.48. The summed E-state index contributed by atoms with van der Waals surface area (Å²) >= 11 is 0. The van der Waals surface area contributed by atoms with Gasteiger partial charge in [-0.15, -0.1) is 0 Å². The Morgan fingerprint density at radius 2 is 2.07 bits per heavy atom. The van der Waals surface area contributed by atoms with Crippen molar-refractivity contribution in [3.63, 3.8) is 0 Å². The molecule has 84 valence electrons. The number of hydrogen-bond donors (Lipinski definition) is 2. The largest absolute Gasteiger partial charge is 0.327 e. The normalized spacial score (nSPS) is 14.9. The minimum atomic E-state index is 0.227. The van der Waals surface area contributed by atoms with Crippen molar-refractivity contribution in [3.05, 3.63) is 35.4 Å². The molecule has 0 saturated carbocycles. The first-order valence-electron chi connectivity index (χ1n) is 5.62. The summed E-state index contributed by atoms with van der Waals surface area (Å²) in [6, 6.07) is 9.37. The minimum absolute atomic E-state index is 0.227. The van der Waals surface area contributed by atoms with Crippen LogP contribution in [0.15, 0.2) is 24.3 Å². The predicted octanol–water partition coefficient (Wildman–Crippen LogP) is 1.86. The molecule has 0 radical (unpaired) electrons. The van der Waals surface area contributed by atoms with Crippen LogP contribution < -0.4 is 11.1 Å².